The van der Waals surface area contributed by atoms with Crippen molar-refractivity contribution in [2.45, 2.75) is 0 Å². The Morgan fingerprint density at radius 3 is 2.41 bits per heavy atom. The van der Waals surface area contributed by atoms with E-state index in [0.717, 1.165) is 15.9 Å². The Bertz CT molecular complexity index is 700. The molecule has 0 bridgehead atoms. The largest absolute Gasteiger partial charge is 0.332 e. The third kappa shape index (κ3) is 4.35. The molecule has 0 aliphatic carbocycles. The molecule has 116 valence electrons. The minimum absolute atomic E-state index is 0.00205. The SMILES string of the molecule is CN(CC(=O)Nc1cc(F)cc(F)c1)C(=O)c1ccc(Br)s1. The van der Waals surface area contributed by atoms with E-state index in [-0.39, 0.29) is 18.1 Å². The highest BCUT2D eigenvalue weighted by atomic mass is 79.9. The second-order valence-electron chi connectivity index (χ2n) is 4.47. The summed E-state index contributed by atoms with van der Waals surface area (Å²) < 4.78 is 26.9. The van der Waals surface area contributed by atoms with Gasteiger partial charge in [0, 0.05) is 18.8 Å². The predicted octanol–water partition coefficient (Wildman–Crippen LogP) is 3.50. The zero-order valence-electron chi connectivity index (χ0n) is 11.4. The molecule has 22 heavy (non-hydrogen) atoms. The molecule has 0 radical (unpaired) electrons. The fourth-order valence-corrected chi connectivity index (χ4v) is 3.11. The lowest BCUT2D eigenvalue weighted by Crippen LogP contribution is -2.34. The summed E-state index contributed by atoms with van der Waals surface area (Å²) in [5.41, 5.74) is 0.00205. The van der Waals surface area contributed by atoms with Crippen LogP contribution in [0.25, 0.3) is 0 Å². The second kappa shape index (κ2) is 6.97. The number of hydrogen-bond donors (Lipinski definition) is 1. The maximum atomic E-state index is 13.0. The van der Waals surface area contributed by atoms with Crippen LogP contribution < -0.4 is 5.32 Å². The summed E-state index contributed by atoms with van der Waals surface area (Å²) in [7, 11) is 1.47. The van der Waals surface area contributed by atoms with E-state index in [1.165, 1.54) is 23.3 Å². The van der Waals surface area contributed by atoms with Crippen molar-refractivity contribution in [3.05, 3.63) is 50.6 Å². The Balaban J connectivity index is 1.97. The van der Waals surface area contributed by atoms with Gasteiger partial charge >= 0.3 is 0 Å². The van der Waals surface area contributed by atoms with Crippen LogP contribution in [0.15, 0.2) is 34.1 Å². The summed E-state index contributed by atoms with van der Waals surface area (Å²) in [6.45, 7) is -0.230. The number of nitrogens with one attached hydrogen (secondary N) is 1. The summed E-state index contributed by atoms with van der Waals surface area (Å²) in [6.07, 6.45) is 0. The second-order valence-corrected chi connectivity index (χ2v) is 6.93. The molecule has 1 aromatic heterocycles. The molecule has 0 spiro atoms. The number of benzene rings is 1. The van der Waals surface area contributed by atoms with Gasteiger partial charge in [0.2, 0.25) is 5.91 Å². The van der Waals surface area contributed by atoms with Gasteiger partial charge in [-0.2, -0.15) is 0 Å². The van der Waals surface area contributed by atoms with Crippen LogP contribution in [-0.4, -0.2) is 30.3 Å². The molecule has 1 heterocycles. The van der Waals surface area contributed by atoms with Crippen molar-refractivity contribution in [3.63, 3.8) is 0 Å². The molecule has 0 saturated carbocycles. The third-order valence-corrected chi connectivity index (χ3v) is 4.27. The Morgan fingerprint density at radius 2 is 1.86 bits per heavy atom. The number of anilines is 1. The maximum absolute atomic E-state index is 13.0. The Morgan fingerprint density at radius 1 is 1.23 bits per heavy atom. The van der Waals surface area contributed by atoms with Crippen LogP contribution >= 0.6 is 27.3 Å². The van der Waals surface area contributed by atoms with Crippen molar-refractivity contribution < 1.29 is 18.4 Å². The van der Waals surface area contributed by atoms with E-state index in [4.69, 9.17) is 0 Å². The van der Waals surface area contributed by atoms with Crippen molar-refractivity contribution in [2.24, 2.45) is 0 Å². The quantitative estimate of drug-likeness (QED) is 0.871. The Labute approximate surface area is 137 Å². The lowest BCUT2D eigenvalue weighted by molar-refractivity contribution is -0.116. The Kier molecular flexibility index (Phi) is 5.25. The molecule has 0 atom stereocenters. The lowest BCUT2D eigenvalue weighted by Gasteiger charge is -2.16. The molecule has 4 nitrogen and oxygen atoms in total. The summed E-state index contributed by atoms with van der Waals surface area (Å²) in [5, 5.41) is 2.35. The number of likely N-dealkylation sites (N-methyl/N-ethyl adjacent to an activating group) is 1. The highest BCUT2D eigenvalue weighted by Gasteiger charge is 2.17. The standard InChI is InChI=1S/C14H11BrF2N2O2S/c1-19(14(21)11-2-3-12(15)22-11)7-13(20)18-10-5-8(16)4-9(17)6-10/h2-6H,7H2,1H3,(H,18,20). The fraction of sp³-hybridized carbons (Fsp3) is 0.143. The molecule has 0 aliphatic heterocycles. The highest BCUT2D eigenvalue weighted by Crippen LogP contribution is 2.23. The molecule has 0 saturated heterocycles. The monoisotopic (exact) mass is 388 g/mol. The third-order valence-electron chi connectivity index (χ3n) is 2.66. The fourth-order valence-electron chi connectivity index (χ4n) is 1.73. The van der Waals surface area contributed by atoms with Gasteiger partial charge in [-0.1, -0.05) is 0 Å². The number of carbonyl (C=O) groups excluding carboxylic acids is 2. The first kappa shape index (κ1) is 16.6. The molecule has 1 aromatic carbocycles. The lowest BCUT2D eigenvalue weighted by atomic mass is 10.3. The van der Waals surface area contributed by atoms with Crippen LogP contribution in [0.1, 0.15) is 9.67 Å². The van der Waals surface area contributed by atoms with Crippen LogP contribution in [0.5, 0.6) is 0 Å². The minimum atomic E-state index is -0.789. The number of nitrogens with zero attached hydrogens (tertiary/aromatic N) is 1. The number of halogens is 3. The van der Waals surface area contributed by atoms with Crippen LogP contribution in [0, 0.1) is 11.6 Å². The van der Waals surface area contributed by atoms with Gasteiger partial charge in [0.05, 0.1) is 15.2 Å². The molecule has 0 unspecified atom stereocenters. The molecule has 0 fully saturated rings. The summed E-state index contributed by atoms with van der Waals surface area (Å²) in [5.74, 6) is -2.43. The zero-order valence-corrected chi connectivity index (χ0v) is 13.8. The van der Waals surface area contributed by atoms with Gasteiger partial charge in [0.15, 0.2) is 0 Å². The van der Waals surface area contributed by atoms with E-state index >= 15 is 0 Å². The minimum Gasteiger partial charge on any atom is -0.332 e. The molecule has 2 rings (SSSR count). The summed E-state index contributed by atoms with van der Waals surface area (Å²) in [4.78, 5) is 25.6. The highest BCUT2D eigenvalue weighted by molar-refractivity contribution is 9.11. The number of carbonyl (C=O) groups is 2. The van der Waals surface area contributed by atoms with Crippen molar-refractivity contribution in [2.75, 3.05) is 18.9 Å². The number of rotatable bonds is 4. The number of amides is 2. The van der Waals surface area contributed by atoms with Crippen molar-refractivity contribution in [3.8, 4) is 0 Å². The summed E-state index contributed by atoms with van der Waals surface area (Å²) in [6, 6.07) is 6.09. The molecule has 0 aliphatic rings. The van der Waals surface area contributed by atoms with Gasteiger partial charge in [0.1, 0.15) is 11.6 Å². The molecule has 1 N–H and O–H groups in total. The average Bonchev–Trinajstić information content (AvgIpc) is 2.82. The van der Waals surface area contributed by atoms with Crippen LogP contribution in [0.4, 0.5) is 14.5 Å². The van der Waals surface area contributed by atoms with Gasteiger partial charge in [-0.05, 0) is 40.2 Å². The smallest absolute Gasteiger partial charge is 0.264 e. The van der Waals surface area contributed by atoms with E-state index < -0.39 is 17.5 Å². The van der Waals surface area contributed by atoms with E-state index in [1.807, 2.05) is 0 Å². The number of thiophene rings is 1. The zero-order chi connectivity index (χ0) is 16.3. The van der Waals surface area contributed by atoms with Gasteiger partial charge in [-0.15, -0.1) is 11.3 Å². The van der Waals surface area contributed by atoms with Gasteiger partial charge in [-0.25, -0.2) is 8.78 Å². The molecule has 8 heteroatoms. The normalized spacial score (nSPS) is 10.4. The van der Waals surface area contributed by atoms with E-state index in [1.54, 1.807) is 12.1 Å². The van der Waals surface area contributed by atoms with Crippen LogP contribution in [-0.2, 0) is 4.79 Å². The van der Waals surface area contributed by atoms with E-state index in [0.29, 0.717) is 10.9 Å². The van der Waals surface area contributed by atoms with Crippen molar-refractivity contribution >= 4 is 44.8 Å². The van der Waals surface area contributed by atoms with Gasteiger partial charge in [-0.3, -0.25) is 9.59 Å². The van der Waals surface area contributed by atoms with Gasteiger partial charge in [0.25, 0.3) is 5.91 Å². The van der Waals surface area contributed by atoms with E-state index in [2.05, 4.69) is 21.2 Å². The first-order valence-electron chi connectivity index (χ1n) is 6.12. The predicted molar refractivity (Wildman–Crippen MR) is 84.0 cm³/mol. The molecular weight excluding hydrogens is 378 g/mol. The van der Waals surface area contributed by atoms with Gasteiger partial charge < -0.3 is 10.2 Å². The first-order valence-corrected chi connectivity index (χ1v) is 7.73. The summed E-state index contributed by atoms with van der Waals surface area (Å²) >= 11 is 4.51. The van der Waals surface area contributed by atoms with Crippen LogP contribution in [0.3, 0.4) is 0 Å². The molecule has 2 aromatic rings. The van der Waals surface area contributed by atoms with E-state index in [9.17, 15) is 18.4 Å². The molecule has 2 amide bonds. The topological polar surface area (TPSA) is 49.4 Å². The average molecular weight is 389 g/mol. The van der Waals surface area contributed by atoms with Crippen molar-refractivity contribution in [1.82, 2.24) is 4.90 Å². The van der Waals surface area contributed by atoms with Crippen LogP contribution in [0.2, 0.25) is 0 Å². The number of hydrogen-bond acceptors (Lipinski definition) is 3. The Hall–Kier alpha value is -1.80. The first-order chi connectivity index (χ1) is 10.3. The van der Waals surface area contributed by atoms with Crippen molar-refractivity contribution in [1.29, 1.82) is 0 Å². The maximum Gasteiger partial charge on any atom is 0.264 e. The molecular formula is C14H11BrF2N2O2S.